The molecule has 0 bridgehead atoms. The number of hydrogen-bond donors (Lipinski definition) is 0. The highest BCUT2D eigenvalue weighted by Crippen LogP contribution is 2.02. The van der Waals surface area contributed by atoms with E-state index in [0.29, 0.717) is 24.9 Å². The van der Waals surface area contributed by atoms with Gasteiger partial charge in [-0.15, -0.1) is 10.2 Å². The quantitative estimate of drug-likeness (QED) is 0.672. The van der Waals surface area contributed by atoms with Gasteiger partial charge in [-0.2, -0.15) is 4.99 Å². The Balaban J connectivity index is -0.000000101. The van der Waals surface area contributed by atoms with Gasteiger partial charge < -0.3 is 14.2 Å². The van der Waals surface area contributed by atoms with Crippen LogP contribution < -0.4 is 0 Å². The molecule has 0 spiro atoms. The fourth-order valence-electron chi connectivity index (χ4n) is 2.25. The van der Waals surface area contributed by atoms with E-state index < -0.39 is 0 Å². The normalized spacial score (nSPS) is 13.4. The fourth-order valence-corrected chi connectivity index (χ4v) is 2.25. The molecule has 0 radical (unpaired) electrons. The highest BCUT2D eigenvalue weighted by atomic mass is 16.4. The van der Waals surface area contributed by atoms with Crippen molar-refractivity contribution in [3.05, 3.63) is 11.8 Å². The lowest BCUT2D eigenvalue weighted by Gasteiger charge is -2.08. The SMILES string of the molecule is C.C.C.C.C.CCC1=NC(=O)CN1C.CCC1=NCC(=O)N1C.CCc1nnc(C)o1. The molecule has 0 atom stereocenters. The predicted molar refractivity (Wildman–Crippen MR) is 133 cm³/mol. The Hall–Kier alpha value is -2.58. The third-order valence-electron chi connectivity index (χ3n) is 3.73. The van der Waals surface area contributed by atoms with Gasteiger partial charge in [-0.3, -0.25) is 14.6 Å². The highest BCUT2D eigenvalue weighted by molar-refractivity contribution is 6.03. The topological polar surface area (TPSA) is 104 Å². The molecule has 1 aromatic heterocycles. The van der Waals surface area contributed by atoms with Crippen molar-refractivity contribution in [2.75, 3.05) is 27.2 Å². The second-order valence-corrected chi connectivity index (χ2v) is 5.74. The van der Waals surface area contributed by atoms with Gasteiger partial charge in [-0.1, -0.05) is 57.9 Å². The van der Waals surface area contributed by atoms with Gasteiger partial charge in [0.1, 0.15) is 24.8 Å². The number of aliphatic imine (C=N–C) groups is 2. The molecule has 1 aromatic rings. The molecule has 0 fully saturated rings. The van der Waals surface area contributed by atoms with E-state index in [4.69, 9.17) is 4.42 Å². The van der Waals surface area contributed by atoms with Crippen molar-refractivity contribution in [1.29, 1.82) is 0 Å². The summed E-state index contributed by atoms with van der Waals surface area (Å²) in [5.41, 5.74) is 0. The Morgan fingerprint density at radius 1 is 0.871 bits per heavy atom. The molecule has 3 heterocycles. The van der Waals surface area contributed by atoms with E-state index in [2.05, 4.69) is 20.2 Å². The van der Waals surface area contributed by atoms with Gasteiger partial charge in [0.2, 0.25) is 17.7 Å². The number of rotatable bonds is 3. The first kappa shape index (κ1) is 39.0. The van der Waals surface area contributed by atoms with Gasteiger partial charge in [0.15, 0.2) is 0 Å². The van der Waals surface area contributed by atoms with Crippen LogP contribution in [-0.2, 0) is 16.0 Å². The lowest BCUT2D eigenvalue weighted by atomic mass is 10.4. The molecule has 0 saturated carbocycles. The molecule has 0 saturated heterocycles. The van der Waals surface area contributed by atoms with E-state index >= 15 is 0 Å². The zero-order chi connectivity index (χ0) is 19.7. The fraction of sp³-hybridized carbons (Fsp3) is 0.727. The Labute approximate surface area is 191 Å². The molecule has 9 heteroatoms. The summed E-state index contributed by atoms with van der Waals surface area (Å²) in [5, 5.41) is 7.39. The van der Waals surface area contributed by atoms with E-state index in [9.17, 15) is 9.59 Å². The van der Waals surface area contributed by atoms with Crippen molar-refractivity contribution in [2.24, 2.45) is 9.98 Å². The lowest BCUT2D eigenvalue weighted by molar-refractivity contribution is -0.124. The van der Waals surface area contributed by atoms with Crippen LogP contribution in [0.25, 0.3) is 0 Å². The van der Waals surface area contributed by atoms with Crippen LogP contribution >= 0.6 is 0 Å². The minimum atomic E-state index is -0.0191. The smallest absolute Gasteiger partial charge is 0.266 e. The van der Waals surface area contributed by atoms with Gasteiger partial charge in [-0.05, 0) is 0 Å². The van der Waals surface area contributed by atoms with Crippen LogP contribution in [0.1, 0.15) is 82.5 Å². The average molecular weight is 445 g/mol. The van der Waals surface area contributed by atoms with Crippen LogP contribution in [0.15, 0.2) is 14.4 Å². The predicted octanol–water partition coefficient (Wildman–Crippen LogP) is 4.65. The van der Waals surface area contributed by atoms with Gasteiger partial charge in [0.25, 0.3) is 5.91 Å². The number of hydrogen-bond acceptors (Lipinski definition) is 7. The van der Waals surface area contributed by atoms with Crippen molar-refractivity contribution >= 4 is 23.5 Å². The highest BCUT2D eigenvalue weighted by Gasteiger charge is 2.18. The number of nitrogens with zero attached hydrogens (tertiary/aromatic N) is 6. The molecule has 184 valence electrons. The van der Waals surface area contributed by atoms with Gasteiger partial charge >= 0.3 is 0 Å². The molecular formula is C22H48N6O3. The maximum absolute atomic E-state index is 10.8. The first-order chi connectivity index (χ1) is 12.3. The maximum Gasteiger partial charge on any atom is 0.266 e. The summed E-state index contributed by atoms with van der Waals surface area (Å²) in [4.78, 5) is 32.6. The van der Waals surface area contributed by atoms with Crippen LogP contribution in [0.5, 0.6) is 0 Å². The molecule has 0 aliphatic carbocycles. The number of likely N-dealkylation sites (N-methyl/N-ethyl adjacent to an activating group) is 2. The number of carbonyl (C=O) groups excluding carboxylic acids is 2. The second kappa shape index (κ2) is 19.4. The van der Waals surface area contributed by atoms with Crippen molar-refractivity contribution in [3.63, 3.8) is 0 Å². The zero-order valence-electron chi connectivity index (χ0n) is 16.4. The monoisotopic (exact) mass is 444 g/mol. The summed E-state index contributed by atoms with van der Waals surface area (Å²) in [5.74, 6) is 3.24. The van der Waals surface area contributed by atoms with Crippen molar-refractivity contribution in [3.8, 4) is 0 Å². The Morgan fingerprint density at radius 2 is 1.42 bits per heavy atom. The van der Waals surface area contributed by atoms with E-state index in [1.54, 1.807) is 18.9 Å². The summed E-state index contributed by atoms with van der Waals surface area (Å²) in [6.07, 6.45) is 2.52. The number of amides is 2. The van der Waals surface area contributed by atoms with Crippen LogP contribution in [-0.4, -0.2) is 70.7 Å². The largest absolute Gasteiger partial charge is 0.426 e. The minimum absolute atomic E-state index is 0. The maximum atomic E-state index is 10.8. The minimum Gasteiger partial charge on any atom is -0.426 e. The molecule has 2 aliphatic heterocycles. The third kappa shape index (κ3) is 12.7. The third-order valence-corrected chi connectivity index (χ3v) is 3.73. The van der Waals surface area contributed by atoms with Crippen LogP contribution in [0, 0.1) is 6.92 Å². The molecule has 0 unspecified atom stereocenters. The van der Waals surface area contributed by atoms with E-state index in [-0.39, 0.29) is 48.9 Å². The van der Waals surface area contributed by atoms with Gasteiger partial charge in [0.05, 0.1) is 0 Å². The van der Waals surface area contributed by atoms with Crippen LogP contribution in [0.4, 0.5) is 0 Å². The molecule has 0 N–H and O–H groups in total. The van der Waals surface area contributed by atoms with E-state index in [1.807, 2.05) is 32.7 Å². The summed E-state index contributed by atoms with van der Waals surface area (Å²) >= 11 is 0. The lowest BCUT2D eigenvalue weighted by Crippen LogP contribution is -2.27. The van der Waals surface area contributed by atoms with E-state index in [1.165, 1.54) is 0 Å². The summed E-state index contributed by atoms with van der Waals surface area (Å²) in [6, 6.07) is 0. The number of carbonyl (C=O) groups is 2. The molecule has 2 aliphatic rings. The van der Waals surface area contributed by atoms with Crippen molar-refractivity contribution < 1.29 is 14.0 Å². The molecule has 3 rings (SSSR count). The molecule has 2 amide bonds. The number of aromatic nitrogens is 2. The number of amidine groups is 2. The van der Waals surface area contributed by atoms with Crippen molar-refractivity contribution in [2.45, 2.75) is 84.1 Å². The van der Waals surface area contributed by atoms with E-state index in [0.717, 1.165) is 30.9 Å². The molecular weight excluding hydrogens is 396 g/mol. The Bertz CT molecular complexity index is 683. The first-order valence-corrected chi connectivity index (χ1v) is 8.72. The molecule has 9 nitrogen and oxygen atoms in total. The Kier molecular flexibility index (Phi) is 24.4. The summed E-state index contributed by atoms with van der Waals surface area (Å²) < 4.78 is 5.01. The van der Waals surface area contributed by atoms with Gasteiger partial charge in [-0.25, -0.2) is 0 Å². The number of aryl methyl sites for hydroxylation is 2. The van der Waals surface area contributed by atoms with Crippen molar-refractivity contribution in [1.82, 2.24) is 20.0 Å². The summed E-state index contributed by atoms with van der Waals surface area (Å²) in [6.45, 7) is 8.56. The zero-order valence-corrected chi connectivity index (χ0v) is 16.4. The summed E-state index contributed by atoms with van der Waals surface area (Å²) in [7, 11) is 3.64. The Morgan fingerprint density at radius 3 is 1.61 bits per heavy atom. The van der Waals surface area contributed by atoms with Gasteiger partial charge in [0, 0.05) is 40.3 Å². The second-order valence-electron chi connectivity index (χ2n) is 5.74. The van der Waals surface area contributed by atoms with Crippen LogP contribution in [0.2, 0.25) is 0 Å². The average Bonchev–Trinajstić information content (AvgIpc) is 3.28. The first-order valence-electron chi connectivity index (χ1n) is 8.72. The molecule has 31 heavy (non-hydrogen) atoms. The molecule has 0 aromatic carbocycles. The standard InChI is InChI=1S/2C6H10N2O.C5H8N2O.5CH4/c1-3-5-7-6(9)4-8(5)2;1-3-5-7-4-6(9)8(5)2;1-3-5-7-6-4(2)8-5;;;;;/h2*3-4H2,1-2H3;3H2,1-2H3;5*1H4. The van der Waals surface area contributed by atoms with Crippen LogP contribution in [0.3, 0.4) is 0 Å².